The van der Waals surface area contributed by atoms with Gasteiger partial charge in [-0.2, -0.15) is 4.31 Å². The number of sulfonamides is 1. The number of ether oxygens (including phenoxy) is 1. The number of methoxy groups -OCH3 is 1. The molecule has 146 valence electrons. The average Bonchev–Trinajstić information content (AvgIpc) is 2.66. The maximum absolute atomic E-state index is 13.0. The summed E-state index contributed by atoms with van der Waals surface area (Å²) in [6.45, 7) is 2.15. The zero-order chi connectivity index (χ0) is 19.7. The number of nitrogens with zero attached hydrogens (tertiary/aromatic N) is 1. The summed E-state index contributed by atoms with van der Waals surface area (Å²) in [6, 6.07) is 17.6. The summed E-state index contributed by atoms with van der Waals surface area (Å²) in [5.74, 6) is -0.355. The molecule has 0 spiro atoms. The molecule has 2 aromatic rings. The average molecular weight is 391 g/mol. The molecule has 0 aliphatic rings. The summed E-state index contributed by atoms with van der Waals surface area (Å²) in [4.78, 5) is 12.5. The number of amides is 1. The molecular weight excluding hydrogens is 364 g/mol. The minimum Gasteiger partial charge on any atom is -0.383 e. The molecule has 0 radical (unpaired) electrons. The van der Waals surface area contributed by atoms with Crippen LogP contribution in [0.5, 0.6) is 0 Å². The van der Waals surface area contributed by atoms with Gasteiger partial charge >= 0.3 is 0 Å². The van der Waals surface area contributed by atoms with E-state index in [9.17, 15) is 13.2 Å². The van der Waals surface area contributed by atoms with Crippen LogP contribution in [-0.4, -0.2) is 51.5 Å². The Morgan fingerprint density at radius 2 is 1.67 bits per heavy atom. The number of carbonyl (C=O) groups excluding carboxylic acids is 1. The van der Waals surface area contributed by atoms with Crippen molar-refractivity contribution in [3.8, 4) is 0 Å². The van der Waals surface area contributed by atoms with Crippen molar-refractivity contribution in [2.45, 2.75) is 24.3 Å². The molecule has 0 aliphatic carbocycles. The fraction of sp³-hybridized carbons (Fsp3) is 0.350. The van der Waals surface area contributed by atoms with Crippen LogP contribution in [0.4, 0.5) is 0 Å². The standard InChI is InChI=1S/C20H26N2O4S/c1-17(16-26-2)21-20(23)15-22(14-13-18-9-5-3-6-10-18)27(24,25)19-11-7-4-8-12-19/h3-12,17H,13-16H2,1-2H3,(H,21,23)/t17-/m1/s1. The lowest BCUT2D eigenvalue weighted by atomic mass is 10.1. The molecule has 6 nitrogen and oxygen atoms in total. The van der Waals surface area contributed by atoms with Gasteiger partial charge in [0.25, 0.3) is 0 Å². The molecule has 1 N–H and O–H groups in total. The second-order valence-electron chi connectivity index (χ2n) is 6.31. The van der Waals surface area contributed by atoms with Crippen LogP contribution in [0.3, 0.4) is 0 Å². The predicted octanol–water partition coefficient (Wildman–Crippen LogP) is 2.07. The number of nitrogens with one attached hydrogen (secondary N) is 1. The monoisotopic (exact) mass is 390 g/mol. The van der Waals surface area contributed by atoms with Gasteiger partial charge in [-0.3, -0.25) is 4.79 Å². The van der Waals surface area contributed by atoms with Crippen LogP contribution >= 0.6 is 0 Å². The van der Waals surface area contributed by atoms with Crippen LogP contribution in [0.2, 0.25) is 0 Å². The van der Waals surface area contributed by atoms with Gasteiger partial charge < -0.3 is 10.1 Å². The molecule has 0 bridgehead atoms. The highest BCUT2D eigenvalue weighted by atomic mass is 32.2. The van der Waals surface area contributed by atoms with Crippen molar-refractivity contribution >= 4 is 15.9 Å². The third-order valence-corrected chi connectivity index (χ3v) is 5.88. The largest absolute Gasteiger partial charge is 0.383 e. The molecule has 0 unspecified atom stereocenters. The van der Waals surface area contributed by atoms with Crippen molar-refractivity contribution in [3.05, 3.63) is 66.2 Å². The van der Waals surface area contributed by atoms with Crippen LogP contribution in [0, 0.1) is 0 Å². The summed E-state index contributed by atoms with van der Waals surface area (Å²) < 4.78 is 32.3. The number of hydrogen-bond donors (Lipinski definition) is 1. The number of benzene rings is 2. The molecule has 2 aromatic carbocycles. The highest BCUT2D eigenvalue weighted by Crippen LogP contribution is 2.16. The van der Waals surface area contributed by atoms with Gasteiger partial charge in [0.05, 0.1) is 18.0 Å². The van der Waals surface area contributed by atoms with E-state index in [2.05, 4.69) is 5.32 Å². The van der Waals surface area contributed by atoms with Gasteiger partial charge in [0.2, 0.25) is 15.9 Å². The number of carbonyl (C=O) groups is 1. The number of hydrogen-bond acceptors (Lipinski definition) is 4. The van der Waals surface area contributed by atoms with E-state index >= 15 is 0 Å². The first-order valence-electron chi connectivity index (χ1n) is 8.81. The van der Waals surface area contributed by atoms with Gasteiger partial charge in [-0.15, -0.1) is 0 Å². The highest BCUT2D eigenvalue weighted by molar-refractivity contribution is 7.89. The Bertz CT molecular complexity index is 810. The molecule has 0 saturated heterocycles. The molecule has 7 heteroatoms. The first-order chi connectivity index (χ1) is 12.9. The van der Waals surface area contributed by atoms with Crippen molar-refractivity contribution in [1.82, 2.24) is 9.62 Å². The summed E-state index contributed by atoms with van der Waals surface area (Å²) in [5, 5.41) is 2.76. The molecule has 0 aliphatic heterocycles. The van der Waals surface area contributed by atoms with Crippen molar-refractivity contribution in [1.29, 1.82) is 0 Å². The molecule has 0 heterocycles. The van der Waals surface area contributed by atoms with E-state index in [0.29, 0.717) is 13.0 Å². The highest BCUT2D eigenvalue weighted by Gasteiger charge is 2.26. The minimum atomic E-state index is -3.77. The van der Waals surface area contributed by atoms with Crippen molar-refractivity contribution in [2.75, 3.05) is 26.8 Å². The van der Waals surface area contributed by atoms with Gasteiger partial charge in [0.15, 0.2) is 0 Å². The zero-order valence-corrected chi connectivity index (χ0v) is 16.5. The topological polar surface area (TPSA) is 75.7 Å². The maximum Gasteiger partial charge on any atom is 0.243 e. The smallest absolute Gasteiger partial charge is 0.243 e. The van der Waals surface area contributed by atoms with Crippen LogP contribution < -0.4 is 5.32 Å². The minimum absolute atomic E-state index is 0.177. The van der Waals surface area contributed by atoms with Gasteiger partial charge in [0, 0.05) is 19.7 Å². The molecule has 1 atom stereocenters. The SMILES string of the molecule is COC[C@@H](C)NC(=O)CN(CCc1ccccc1)S(=O)(=O)c1ccccc1. The summed E-state index contributed by atoms with van der Waals surface area (Å²) in [7, 11) is -2.22. The second kappa shape index (κ2) is 10.2. The molecule has 0 aromatic heterocycles. The fourth-order valence-electron chi connectivity index (χ4n) is 2.70. The second-order valence-corrected chi connectivity index (χ2v) is 8.25. The lowest BCUT2D eigenvalue weighted by Gasteiger charge is -2.23. The van der Waals surface area contributed by atoms with Crippen molar-refractivity contribution < 1.29 is 17.9 Å². The van der Waals surface area contributed by atoms with E-state index < -0.39 is 10.0 Å². The number of rotatable bonds is 10. The Morgan fingerprint density at radius 3 is 2.26 bits per heavy atom. The van der Waals surface area contributed by atoms with Gasteiger partial charge in [-0.25, -0.2) is 8.42 Å². The van der Waals surface area contributed by atoms with E-state index in [4.69, 9.17) is 4.74 Å². The van der Waals surface area contributed by atoms with Gasteiger partial charge in [0.1, 0.15) is 0 Å². The third-order valence-electron chi connectivity index (χ3n) is 4.02. The molecule has 0 saturated carbocycles. The summed E-state index contributed by atoms with van der Waals surface area (Å²) >= 11 is 0. The molecule has 2 rings (SSSR count). The lowest BCUT2D eigenvalue weighted by Crippen LogP contribution is -2.45. The summed E-state index contributed by atoms with van der Waals surface area (Å²) in [6.07, 6.45) is 0.522. The zero-order valence-electron chi connectivity index (χ0n) is 15.7. The predicted molar refractivity (Wildman–Crippen MR) is 105 cm³/mol. The van der Waals surface area contributed by atoms with Crippen LogP contribution in [-0.2, 0) is 26.0 Å². The first kappa shape index (κ1) is 21.1. The first-order valence-corrected chi connectivity index (χ1v) is 10.2. The lowest BCUT2D eigenvalue weighted by molar-refractivity contribution is -0.122. The van der Waals surface area contributed by atoms with E-state index in [1.807, 2.05) is 30.3 Å². The Morgan fingerprint density at radius 1 is 1.07 bits per heavy atom. The quantitative estimate of drug-likeness (QED) is 0.674. The van der Waals surface area contributed by atoms with Gasteiger partial charge in [-0.1, -0.05) is 48.5 Å². The van der Waals surface area contributed by atoms with Crippen LogP contribution in [0.25, 0.3) is 0 Å². The molecule has 27 heavy (non-hydrogen) atoms. The van der Waals surface area contributed by atoms with E-state index in [1.165, 1.54) is 16.4 Å². The molecular formula is C20H26N2O4S. The maximum atomic E-state index is 13.0. The van der Waals surface area contributed by atoms with E-state index in [-0.39, 0.29) is 29.9 Å². The van der Waals surface area contributed by atoms with E-state index in [1.54, 1.807) is 32.2 Å². The van der Waals surface area contributed by atoms with Gasteiger partial charge in [-0.05, 0) is 31.0 Å². The van der Waals surface area contributed by atoms with Crippen molar-refractivity contribution in [2.24, 2.45) is 0 Å². The Kier molecular flexibility index (Phi) is 7.97. The fourth-order valence-corrected chi connectivity index (χ4v) is 4.11. The molecule has 1 amide bonds. The Hall–Kier alpha value is -2.22. The summed E-state index contributed by atoms with van der Waals surface area (Å²) in [5.41, 5.74) is 1.01. The third kappa shape index (κ3) is 6.46. The Balaban J connectivity index is 2.16. The Labute approximate surface area is 161 Å². The van der Waals surface area contributed by atoms with E-state index in [0.717, 1.165) is 5.56 Å². The van der Waals surface area contributed by atoms with Crippen LogP contribution in [0.15, 0.2) is 65.6 Å². The van der Waals surface area contributed by atoms with Crippen molar-refractivity contribution in [3.63, 3.8) is 0 Å². The van der Waals surface area contributed by atoms with Crippen LogP contribution in [0.1, 0.15) is 12.5 Å². The molecule has 0 fully saturated rings. The normalized spacial score (nSPS) is 12.7.